The van der Waals surface area contributed by atoms with Crippen LogP contribution in [0.15, 0.2) is 30.3 Å². The number of rotatable bonds is 8. The molecule has 0 saturated carbocycles. The molecule has 0 aliphatic carbocycles. The molecule has 0 aromatic heterocycles. The van der Waals surface area contributed by atoms with Gasteiger partial charge in [0.2, 0.25) is 0 Å². The van der Waals surface area contributed by atoms with Crippen molar-refractivity contribution in [1.29, 1.82) is 0 Å². The van der Waals surface area contributed by atoms with Gasteiger partial charge in [-0.2, -0.15) is 0 Å². The molecule has 148 valence electrons. The fourth-order valence-corrected chi connectivity index (χ4v) is 4.14. The molecule has 1 aromatic rings. The molecule has 26 heavy (non-hydrogen) atoms. The first-order valence-electron chi connectivity index (χ1n) is 10.0. The van der Waals surface area contributed by atoms with Crippen LogP contribution in [0.4, 0.5) is 0 Å². The third kappa shape index (κ3) is 6.46. The Balaban J connectivity index is 1.63. The van der Waals surface area contributed by atoms with Crippen LogP contribution in [0.2, 0.25) is 18.1 Å². The summed E-state index contributed by atoms with van der Waals surface area (Å²) in [6.07, 6.45) is 0.722. The van der Waals surface area contributed by atoms with Crippen molar-refractivity contribution in [2.75, 3.05) is 45.9 Å². The number of hydrogen-bond acceptors (Lipinski definition) is 4. The van der Waals surface area contributed by atoms with Crippen LogP contribution in [0.25, 0.3) is 0 Å². The Hall–Kier alpha value is -0.723. The smallest absolute Gasteiger partial charge is 0.191 e. The number of benzene rings is 1. The highest BCUT2D eigenvalue weighted by atomic mass is 28.4. The highest BCUT2D eigenvalue weighted by Gasteiger charge is 2.36. The van der Waals surface area contributed by atoms with Gasteiger partial charge in [0.15, 0.2) is 8.32 Å². The average Bonchev–Trinajstić information content (AvgIpc) is 2.60. The van der Waals surface area contributed by atoms with Gasteiger partial charge in [-0.25, -0.2) is 0 Å². The lowest BCUT2D eigenvalue weighted by atomic mass is 10.1. The molecule has 5 heteroatoms. The van der Waals surface area contributed by atoms with Gasteiger partial charge in [-0.15, -0.1) is 0 Å². The normalized spacial score (nSPS) is 18.8. The van der Waals surface area contributed by atoms with Gasteiger partial charge >= 0.3 is 0 Å². The summed E-state index contributed by atoms with van der Waals surface area (Å²) in [5.74, 6) is 0. The first kappa shape index (κ1) is 21.6. The highest BCUT2D eigenvalue weighted by Crippen LogP contribution is 2.36. The monoisotopic (exact) mass is 378 g/mol. The third-order valence-electron chi connectivity index (χ3n) is 5.97. The van der Waals surface area contributed by atoms with Crippen molar-refractivity contribution in [2.24, 2.45) is 0 Å². The van der Waals surface area contributed by atoms with E-state index in [1.54, 1.807) is 0 Å². The molecule has 1 N–H and O–H groups in total. The quantitative estimate of drug-likeness (QED) is 0.552. The molecule has 1 heterocycles. The zero-order valence-corrected chi connectivity index (χ0v) is 18.4. The lowest BCUT2D eigenvalue weighted by Gasteiger charge is -2.37. The van der Waals surface area contributed by atoms with E-state index in [1.165, 1.54) is 0 Å². The molecule has 1 aromatic carbocycles. The standard InChI is InChI=1S/C21H38N2O2Si/c1-21(2,3)26(4,5)25-17-9-12-22-13-15-23(16-14-22)18-20(24)19-10-7-6-8-11-19/h6-8,10-11,20,24H,9,12-18H2,1-5H3. The third-order valence-corrected chi connectivity index (χ3v) is 10.5. The van der Waals surface area contributed by atoms with Crippen molar-refractivity contribution in [2.45, 2.75) is 51.4 Å². The van der Waals surface area contributed by atoms with Gasteiger partial charge in [0.25, 0.3) is 0 Å². The minimum absolute atomic E-state index is 0.290. The van der Waals surface area contributed by atoms with Crippen LogP contribution >= 0.6 is 0 Å². The molecular formula is C21H38N2O2Si. The van der Waals surface area contributed by atoms with Crippen LogP contribution in [0, 0.1) is 0 Å². The van der Waals surface area contributed by atoms with Crippen molar-refractivity contribution in [3.05, 3.63) is 35.9 Å². The van der Waals surface area contributed by atoms with Crippen LogP contribution < -0.4 is 0 Å². The second kappa shape index (κ2) is 9.47. The molecule has 4 nitrogen and oxygen atoms in total. The minimum atomic E-state index is -1.61. The van der Waals surface area contributed by atoms with Gasteiger partial charge in [0, 0.05) is 45.9 Å². The molecule has 1 saturated heterocycles. The van der Waals surface area contributed by atoms with Gasteiger partial charge in [-0.05, 0) is 30.1 Å². The van der Waals surface area contributed by atoms with Gasteiger partial charge in [-0.1, -0.05) is 51.1 Å². The molecule has 1 atom stereocenters. The molecule has 0 bridgehead atoms. The van der Waals surface area contributed by atoms with Crippen LogP contribution in [0.5, 0.6) is 0 Å². The summed E-state index contributed by atoms with van der Waals surface area (Å²) in [5.41, 5.74) is 1.01. The molecule has 1 fully saturated rings. The first-order valence-corrected chi connectivity index (χ1v) is 12.9. The summed E-state index contributed by atoms with van der Waals surface area (Å²) in [5, 5.41) is 10.7. The van der Waals surface area contributed by atoms with E-state index >= 15 is 0 Å². The summed E-state index contributed by atoms with van der Waals surface area (Å²) >= 11 is 0. The summed E-state index contributed by atoms with van der Waals surface area (Å²) in [6.45, 7) is 18.5. The molecule has 0 amide bonds. The van der Waals surface area contributed by atoms with E-state index in [1.807, 2.05) is 30.3 Å². The first-order chi connectivity index (χ1) is 12.2. The Morgan fingerprint density at radius 2 is 1.62 bits per heavy atom. The van der Waals surface area contributed by atoms with Gasteiger partial charge in [-0.3, -0.25) is 4.90 Å². The predicted octanol–water partition coefficient (Wildman–Crippen LogP) is 3.75. The van der Waals surface area contributed by atoms with E-state index < -0.39 is 8.32 Å². The van der Waals surface area contributed by atoms with Crippen molar-refractivity contribution in [1.82, 2.24) is 9.80 Å². The van der Waals surface area contributed by atoms with Crippen molar-refractivity contribution >= 4 is 8.32 Å². The average molecular weight is 379 g/mol. The fourth-order valence-electron chi connectivity index (χ4n) is 3.05. The van der Waals surface area contributed by atoms with Crippen LogP contribution in [-0.4, -0.2) is 69.1 Å². The fraction of sp³-hybridized carbons (Fsp3) is 0.714. The van der Waals surface area contributed by atoms with E-state index in [9.17, 15) is 5.11 Å². The minimum Gasteiger partial charge on any atom is -0.417 e. The largest absolute Gasteiger partial charge is 0.417 e. The van der Waals surface area contributed by atoms with Gasteiger partial charge in [0.1, 0.15) is 0 Å². The Morgan fingerprint density at radius 3 is 2.19 bits per heavy atom. The molecular weight excluding hydrogens is 340 g/mol. The topological polar surface area (TPSA) is 35.9 Å². The maximum absolute atomic E-state index is 10.4. The molecule has 2 rings (SSSR count). The van der Waals surface area contributed by atoms with Crippen molar-refractivity contribution in [3.63, 3.8) is 0 Å². The van der Waals surface area contributed by atoms with Gasteiger partial charge < -0.3 is 14.4 Å². The van der Waals surface area contributed by atoms with E-state index in [0.29, 0.717) is 0 Å². The lowest BCUT2D eigenvalue weighted by Crippen LogP contribution is -2.48. The van der Waals surface area contributed by atoms with Gasteiger partial charge in [0.05, 0.1) is 6.10 Å². The maximum Gasteiger partial charge on any atom is 0.191 e. The molecule has 1 aliphatic rings. The Labute approximate surface area is 161 Å². The summed E-state index contributed by atoms with van der Waals surface area (Å²) in [4.78, 5) is 4.90. The van der Waals surface area contributed by atoms with Crippen LogP contribution in [0.1, 0.15) is 38.9 Å². The molecule has 1 unspecified atom stereocenters. The van der Waals surface area contributed by atoms with E-state index in [2.05, 4.69) is 43.7 Å². The van der Waals surface area contributed by atoms with E-state index in [4.69, 9.17) is 4.43 Å². The second-order valence-corrected chi connectivity index (χ2v) is 13.8. The zero-order chi connectivity index (χ0) is 19.2. The van der Waals surface area contributed by atoms with E-state index in [-0.39, 0.29) is 11.1 Å². The number of aliphatic hydroxyl groups is 1. The molecule has 0 radical (unpaired) electrons. The Kier molecular flexibility index (Phi) is 7.86. The van der Waals surface area contributed by atoms with E-state index in [0.717, 1.165) is 57.9 Å². The highest BCUT2D eigenvalue weighted by molar-refractivity contribution is 6.74. The number of aliphatic hydroxyl groups excluding tert-OH is 1. The number of piperazine rings is 1. The Morgan fingerprint density at radius 1 is 1.04 bits per heavy atom. The molecule has 1 aliphatic heterocycles. The van der Waals surface area contributed by atoms with Crippen molar-refractivity contribution < 1.29 is 9.53 Å². The van der Waals surface area contributed by atoms with Crippen LogP contribution in [-0.2, 0) is 4.43 Å². The second-order valence-electron chi connectivity index (χ2n) is 9.03. The predicted molar refractivity (Wildman–Crippen MR) is 112 cm³/mol. The van der Waals surface area contributed by atoms with Crippen molar-refractivity contribution in [3.8, 4) is 0 Å². The summed E-state index contributed by atoms with van der Waals surface area (Å²) < 4.78 is 6.28. The molecule has 0 spiro atoms. The Bertz CT molecular complexity index is 523. The number of nitrogens with zero attached hydrogens (tertiary/aromatic N) is 2. The maximum atomic E-state index is 10.4. The van der Waals surface area contributed by atoms with Crippen LogP contribution in [0.3, 0.4) is 0 Å². The SMILES string of the molecule is CC(C)(C)[Si](C)(C)OCCCN1CCN(CC(O)c2ccccc2)CC1. The lowest BCUT2D eigenvalue weighted by molar-refractivity contribution is 0.0706. The summed E-state index contributed by atoms with van der Waals surface area (Å²) in [7, 11) is -1.61. The number of hydrogen-bond donors (Lipinski definition) is 1. The number of β-amino-alcohol motifs (C(OH)–C–C–N with tert-alkyl or cyclic N) is 1. The summed E-state index contributed by atoms with van der Waals surface area (Å²) in [6, 6.07) is 9.97. The zero-order valence-electron chi connectivity index (χ0n) is 17.4.